The number of esters is 1. The number of carbonyl (C=O) groups is 1. The summed E-state index contributed by atoms with van der Waals surface area (Å²) in [5.41, 5.74) is 0. The van der Waals surface area contributed by atoms with Crippen molar-refractivity contribution in [1.82, 2.24) is 4.90 Å². The van der Waals surface area contributed by atoms with E-state index in [1.807, 2.05) is 0 Å². The zero-order valence-electron chi connectivity index (χ0n) is 9.15. The predicted octanol–water partition coefficient (Wildman–Crippen LogP) is -0.367. The average molecular weight is 217 g/mol. The van der Waals surface area contributed by atoms with Crippen LogP contribution in [-0.4, -0.2) is 62.0 Å². The van der Waals surface area contributed by atoms with Crippen LogP contribution in [0.3, 0.4) is 0 Å². The van der Waals surface area contributed by atoms with Gasteiger partial charge in [0.25, 0.3) is 0 Å². The van der Waals surface area contributed by atoms with E-state index in [1.54, 1.807) is 0 Å². The Morgan fingerprint density at radius 3 is 3.00 bits per heavy atom. The molecule has 88 valence electrons. The van der Waals surface area contributed by atoms with Crippen molar-refractivity contribution in [3.8, 4) is 0 Å². The normalized spacial score (nSPS) is 21.9. The topological polar surface area (TPSA) is 59.0 Å². The van der Waals surface area contributed by atoms with Crippen LogP contribution in [0.4, 0.5) is 0 Å². The first-order valence-electron chi connectivity index (χ1n) is 5.30. The molecule has 0 aromatic rings. The first kappa shape index (κ1) is 12.4. The fraction of sp³-hybridized carbons (Fsp3) is 0.900. The van der Waals surface area contributed by atoms with Crippen LogP contribution in [0.25, 0.3) is 0 Å². The van der Waals surface area contributed by atoms with E-state index in [0.717, 1.165) is 25.9 Å². The van der Waals surface area contributed by atoms with Crippen LogP contribution in [0.5, 0.6) is 0 Å². The number of likely N-dealkylation sites (tertiary alicyclic amines) is 1. The quantitative estimate of drug-likeness (QED) is 0.486. The Labute approximate surface area is 90.0 Å². The van der Waals surface area contributed by atoms with Crippen molar-refractivity contribution in [2.45, 2.75) is 18.9 Å². The van der Waals surface area contributed by atoms with E-state index in [-0.39, 0.29) is 18.6 Å². The lowest BCUT2D eigenvalue weighted by Crippen LogP contribution is -2.38. The van der Waals surface area contributed by atoms with Gasteiger partial charge in [0, 0.05) is 6.54 Å². The van der Waals surface area contributed by atoms with Gasteiger partial charge in [0.1, 0.15) is 6.04 Å². The van der Waals surface area contributed by atoms with Crippen molar-refractivity contribution in [1.29, 1.82) is 0 Å². The maximum absolute atomic E-state index is 11.4. The minimum Gasteiger partial charge on any atom is -0.468 e. The van der Waals surface area contributed by atoms with Gasteiger partial charge in [-0.15, -0.1) is 0 Å². The van der Waals surface area contributed by atoms with Gasteiger partial charge < -0.3 is 14.6 Å². The molecule has 1 rings (SSSR count). The monoisotopic (exact) mass is 217 g/mol. The number of hydrogen-bond acceptors (Lipinski definition) is 5. The summed E-state index contributed by atoms with van der Waals surface area (Å²) in [5.74, 6) is -0.158. The van der Waals surface area contributed by atoms with Crippen molar-refractivity contribution in [3.05, 3.63) is 0 Å². The van der Waals surface area contributed by atoms with Gasteiger partial charge in [0.05, 0.1) is 26.9 Å². The maximum Gasteiger partial charge on any atom is 0.323 e. The highest BCUT2D eigenvalue weighted by molar-refractivity contribution is 5.75. The molecule has 0 saturated carbocycles. The molecule has 0 aromatic carbocycles. The predicted molar refractivity (Wildman–Crippen MR) is 54.5 cm³/mol. The van der Waals surface area contributed by atoms with E-state index in [9.17, 15) is 4.79 Å². The van der Waals surface area contributed by atoms with E-state index >= 15 is 0 Å². The molecule has 0 radical (unpaired) electrons. The van der Waals surface area contributed by atoms with Gasteiger partial charge in [-0.2, -0.15) is 0 Å². The number of nitrogens with zero attached hydrogens (tertiary/aromatic N) is 1. The third-order valence-corrected chi connectivity index (χ3v) is 2.60. The van der Waals surface area contributed by atoms with Crippen molar-refractivity contribution in [2.24, 2.45) is 0 Å². The molecule has 0 aliphatic carbocycles. The molecule has 5 nitrogen and oxygen atoms in total. The molecular weight excluding hydrogens is 198 g/mol. The average Bonchev–Trinajstić information content (AvgIpc) is 2.71. The Balaban J connectivity index is 2.24. The summed E-state index contributed by atoms with van der Waals surface area (Å²) < 4.78 is 9.89. The highest BCUT2D eigenvalue weighted by atomic mass is 16.5. The van der Waals surface area contributed by atoms with Crippen molar-refractivity contribution in [2.75, 3.05) is 40.0 Å². The number of aliphatic hydroxyl groups excluding tert-OH is 1. The lowest BCUT2D eigenvalue weighted by molar-refractivity contribution is -0.146. The van der Waals surface area contributed by atoms with E-state index in [0.29, 0.717) is 13.2 Å². The van der Waals surface area contributed by atoms with Gasteiger partial charge in [-0.05, 0) is 19.4 Å². The number of hydrogen-bond donors (Lipinski definition) is 1. The van der Waals surface area contributed by atoms with E-state index in [2.05, 4.69) is 4.90 Å². The van der Waals surface area contributed by atoms with Crippen LogP contribution in [-0.2, 0) is 14.3 Å². The van der Waals surface area contributed by atoms with Gasteiger partial charge in [0.2, 0.25) is 0 Å². The Hall–Kier alpha value is -0.650. The smallest absolute Gasteiger partial charge is 0.323 e. The van der Waals surface area contributed by atoms with Crippen LogP contribution in [0.2, 0.25) is 0 Å². The molecule has 1 saturated heterocycles. The zero-order chi connectivity index (χ0) is 11.1. The van der Waals surface area contributed by atoms with Crippen molar-refractivity contribution in [3.63, 3.8) is 0 Å². The SMILES string of the molecule is COC(=O)C1CCCN1CCOCCO. The van der Waals surface area contributed by atoms with Gasteiger partial charge in [-0.1, -0.05) is 0 Å². The van der Waals surface area contributed by atoms with Crippen LogP contribution in [0.15, 0.2) is 0 Å². The molecule has 1 fully saturated rings. The molecule has 5 heteroatoms. The third-order valence-electron chi connectivity index (χ3n) is 2.60. The number of methoxy groups -OCH3 is 1. The molecular formula is C10H19NO4. The number of carbonyl (C=O) groups excluding carboxylic acids is 1. The van der Waals surface area contributed by atoms with Crippen LogP contribution in [0, 0.1) is 0 Å². The maximum atomic E-state index is 11.4. The molecule has 0 aromatic heterocycles. The number of ether oxygens (including phenoxy) is 2. The van der Waals surface area contributed by atoms with Crippen LogP contribution in [0.1, 0.15) is 12.8 Å². The van der Waals surface area contributed by atoms with Crippen molar-refractivity contribution >= 4 is 5.97 Å². The van der Waals surface area contributed by atoms with E-state index in [4.69, 9.17) is 14.6 Å². The minimum atomic E-state index is -0.158. The zero-order valence-corrected chi connectivity index (χ0v) is 9.15. The molecule has 1 aliphatic rings. The number of aliphatic hydroxyl groups is 1. The Bertz CT molecular complexity index is 198. The fourth-order valence-corrected chi connectivity index (χ4v) is 1.85. The van der Waals surface area contributed by atoms with E-state index in [1.165, 1.54) is 7.11 Å². The summed E-state index contributed by atoms with van der Waals surface area (Å²) in [6, 6.07) is -0.104. The van der Waals surface area contributed by atoms with E-state index < -0.39 is 0 Å². The molecule has 1 heterocycles. The molecule has 0 bridgehead atoms. The Morgan fingerprint density at radius 2 is 2.33 bits per heavy atom. The minimum absolute atomic E-state index is 0.0421. The summed E-state index contributed by atoms with van der Waals surface area (Å²) in [4.78, 5) is 13.4. The largest absolute Gasteiger partial charge is 0.468 e. The first-order chi connectivity index (χ1) is 7.29. The van der Waals surface area contributed by atoms with Crippen LogP contribution < -0.4 is 0 Å². The lowest BCUT2D eigenvalue weighted by Gasteiger charge is -2.21. The van der Waals surface area contributed by atoms with Gasteiger partial charge in [-0.3, -0.25) is 9.69 Å². The highest BCUT2D eigenvalue weighted by Gasteiger charge is 2.30. The first-order valence-corrected chi connectivity index (χ1v) is 5.30. The molecule has 0 amide bonds. The lowest BCUT2D eigenvalue weighted by atomic mass is 10.2. The molecule has 15 heavy (non-hydrogen) atoms. The summed E-state index contributed by atoms with van der Waals surface area (Å²) in [6.07, 6.45) is 1.90. The van der Waals surface area contributed by atoms with Gasteiger partial charge >= 0.3 is 5.97 Å². The summed E-state index contributed by atoms with van der Waals surface area (Å²) >= 11 is 0. The fourth-order valence-electron chi connectivity index (χ4n) is 1.85. The Kier molecular flexibility index (Phi) is 5.60. The summed E-state index contributed by atoms with van der Waals surface area (Å²) in [5, 5.41) is 8.52. The van der Waals surface area contributed by atoms with Crippen molar-refractivity contribution < 1.29 is 19.4 Å². The standard InChI is InChI=1S/C10H19NO4/c1-14-10(13)9-3-2-4-11(9)5-7-15-8-6-12/h9,12H,2-8H2,1H3. The van der Waals surface area contributed by atoms with Crippen LogP contribution >= 0.6 is 0 Å². The summed E-state index contributed by atoms with van der Waals surface area (Å²) in [7, 11) is 1.42. The highest BCUT2D eigenvalue weighted by Crippen LogP contribution is 2.17. The Morgan fingerprint density at radius 1 is 1.53 bits per heavy atom. The second kappa shape index (κ2) is 6.76. The molecule has 1 unspecified atom stereocenters. The molecule has 1 atom stereocenters. The second-order valence-corrected chi connectivity index (χ2v) is 3.55. The molecule has 0 spiro atoms. The molecule has 1 aliphatic heterocycles. The third kappa shape index (κ3) is 3.77. The second-order valence-electron chi connectivity index (χ2n) is 3.55. The van der Waals surface area contributed by atoms with Gasteiger partial charge in [-0.25, -0.2) is 0 Å². The van der Waals surface area contributed by atoms with Gasteiger partial charge in [0.15, 0.2) is 0 Å². The molecule has 1 N–H and O–H groups in total. The number of rotatable bonds is 6. The summed E-state index contributed by atoms with van der Waals surface area (Å²) in [6.45, 7) is 2.59.